The Morgan fingerprint density at radius 3 is 2.95 bits per heavy atom. The Morgan fingerprint density at radius 1 is 1.50 bits per heavy atom. The third-order valence-corrected chi connectivity index (χ3v) is 5.23. The molecule has 0 spiro atoms. The van der Waals surface area contributed by atoms with Gasteiger partial charge >= 0.3 is 0 Å². The molecule has 1 heterocycles. The van der Waals surface area contributed by atoms with Crippen molar-refractivity contribution in [2.45, 2.75) is 25.5 Å². The van der Waals surface area contributed by atoms with E-state index in [1.165, 1.54) is 4.31 Å². The molecule has 0 aromatic heterocycles. The van der Waals surface area contributed by atoms with Crippen molar-refractivity contribution in [3.63, 3.8) is 0 Å². The minimum Gasteiger partial charge on any atom is -0.377 e. The Balaban J connectivity index is 2.02. The lowest BCUT2D eigenvalue weighted by molar-refractivity contribution is 0.126. The lowest BCUT2D eigenvalue weighted by Crippen LogP contribution is -2.33. The molecule has 1 fully saturated rings. The van der Waals surface area contributed by atoms with Crippen LogP contribution in [0.5, 0.6) is 0 Å². The molecule has 0 N–H and O–H groups in total. The highest BCUT2D eigenvalue weighted by Gasteiger charge is 2.26. The van der Waals surface area contributed by atoms with Gasteiger partial charge in [-0.2, -0.15) is 5.26 Å². The Labute approximate surface area is 119 Å². The summed E-state index contributed by atoms with van der Waals surface area (Å²) in [6, 6.07) is 9.03. The molecule has 108 valence electrons. The lowest BCUT2D eigenvalue weighted by atomic mass is 10.1. The van der Waals surface area contributed by atoms with Gasteiger partial charge in [0, 0.05) is 20.2 Å². The number of hydrogen-bond donors (Lipinski definition) is 0. The number of hydrogen-bond acceptors (Lipinski definition) is 4. The van der Waals surface area contributed by atoms with Crippen molar-refractivity contribution < 1.29 is 13.2 Å². The Morgan fingerprint density at radius 2 is 2.30 bits per heavy atom. The number of benzene rings is 1. The van der Waals surface area contributed by atoms with Crippen LogP contribution in [0.4, 0.5) is 0 Å². The highest BCUT2D eigenvalue weighted by Crippen LogP contribution is 2.17. The third kappa shape index (κ3) is 3.79. The summed E-state index contributed by atoms with van der Waals surface area (Å²) in [4.78, 5) is 0. The van der Waals surface area contributed by atoms with Crippen LogP contribution in [0.15, 0.2) is 24.3 Å². The van der Waals surface area contributed by atoms with Gasteiger partial charge in [-0.15, -0.1) is 0 Å². The number of ether oxygens (including phenoxy) is 1. The van der Waals surface area contributed by atoms with Crippen LogP contribution < -0.4 is 0 Å². The van der Waals surface area contributed by atoms with E-state index in [1.807, 2.05) is 6.07 Å². The summed E-state index contributed by atoms with van der Waals surface area (Å²) in [6.45, 7) is 0.915. The molecule has 0 saturated carbocycles. The second-order valence-electron chi connectivity index (χ2n) is 4.98. The molecule has 0 radical (unpaired) electrons. The average Bonchev–Trinajstić information content (AvgIpc) is 2.91. The van der Waals surface area contributed by atoms with E-state index in [0.717, 1.165) is 18.4 Å². The number of nitriles is 1. The summed E-state index contributed by atoms with van der Waals surface area (Å²) in [6.07, 6.45) is 1.54. The summed E-state index contributed by atoms with van der Waals surface area (Å²) in [5.41, 5.74) is 1.34. The van der Waals surface area contributed by atoms with E-state index in [-0.39, 0.29) is 18.4 Å². The van der Waals surface area contributed by atoms with Crippen LogP contribution in [-0.2, 0) is 21.3 Å². The molecule has 0 amide bonds. The van der Waals surface area contributed by atoms with Crippen LogP contribution in [-0.4, -0.2) is 38.2 Å². The van der Waals surface area contributed by atoms with Crippen molar-refractivity contribution in [3.8, 4) is 6.07 Å². The van der Waals surface area contributed by atoms with Crippen molar-refractivity contribution in [3.05, 3.63) is 35.4 Å². The standard InChI is InChI=1S/C14H18N2O3S/c1-16(10-13-5-2-4-12(8-13)9-15)20(17,18)11-14-6-3-7-19-14/h2,4-5,8,14H,3,6-7,10-11H2,1H3. The first-order valence-electron chi connectivity index (χ1n) is 6.56. The Hall–Kier alpha value is -1.42. The predicted octanol–water partition coefficient (Wildman–Crippen LogP) is 1.50. The molecule has 6 heteroatoms. The smallest absolute Gasteiger partial charge is 0.216 e. The van der Waals surface area contributed by atoms with Crippen molar-refractivity contribution >= 4 is 10.0 Å². The van der Waals surface area contributed by atoms with E-state index in [2.05, 4.69) is 6.07 Å². The fourth-order valence-electron chi connectivity index (χ4n) is 2.23. The van der Waals surface area contributed by atoms with Gasteiger partial charge in [0.1, 0.15) is 0 Å². The maximum atomic E-state index is 12.2. The SMILES string of the molecule is CN(Cc1cccc(C#N)c1)S(=O)(=O)CC1CCCO1. The van der Waals surface area contributed by atoms with Gasteiger partial charge in [0.25, 0.3) is 0 Å². The van der Waals surface area contributed by atoms with Gasteiger partial charge in [0.05, 0.1) is 23.5 Å². The van der Waals surface area contributed by atoms with Crippen LogP contribution >= 0.6 is 0 Å². The summed E-state index contributed by atoms with van der Waals surface area (Å²) in [5.74, 6) is 0.0292. The number of sulfonamides is 1. The fourth-order valence-corrected chi connectivity index (χ4v) is 3.57. The molecule has 1 atom stereocenters. The van der Waals surface area contributed by atoms with Crippen LogP contribution in [0, 0.1) is 11.3 Å². The Kier molecular flexibility index (Phi) is 4.76. The topological polar surface area (TPSA) is 70.4 Å². The minimum absolute atomic E-state index is 0.0292. The summed E-state index contributed by atoms with van der Waals surface area (Å²) in [5, 5.41) is 8.85. The van der Waals surface area contributed by atoms with Crippen LogP contribution in [0.3, 0.4) is 0 Å². The molecular weight excluding hydrogens is 276 g/mol. The highest BCUT2D eigenvalue weighted by atomic mass is 32.2. The van der Waals surface area contributed by atoms with E-state index in [1.54, 1.807) is 25.2 Å². The lowest BCUT2D eigenvalue weighted by Gasteiger charge is -2.19. The summed E-state index contributed by atoms with van der Waals surface area (Å²) < 4.78 is 31.2. The van der Waals surface area contributed by atoms with Crippen molar-refractivity contribution in [1.29, 1.82) is 5.26 Å². The third-order valence-electron chi connectivity index (χ3n) is 3.36. The van der Waals surface area contributed by atoms with Crippen LogP contribution in [0.2, 0.25) is 0 Å². The zero-order chi connectivity index (χ0) is 14.6. The fraction of sp³-hybridized carbons (Fsp3) is 0.500. The van der Waals surface area contributed by atoms with Gasteiger partial charge in [-0.05, 0) is 30.5 Å². The summed E-state index contributed by atoms with van der Waals surface area (Å²) >= 11 is 0. The number of rotatable bonds is 5. The van der Waals surface area contributed by atoms with E-state index in [0.29, 0.717) is 12.2 Å². The second kappa shape index (κ2) is 6.35. The molecule has 0 aliphatic carbocycles. The molecule has 1 unspecified atom stereocenters. The summed E-state index contributed by atoms with van der Waals surface area (Å²) in [7, 11) is -1.78. The second-order valence-corrected chi connectivity index (χ2v) is 7.10. The Bertz CT molecular complexity index is 601. The van der Waals surface area contributed by atoms with E-state index in [9.17, 15) is 8.42 Å². The van der Waals surface area contributed by atoms with Gasteiger partial charge in [0.2, 0.25) is 10.0 Å². The molecule has 5 nitrogen and oxygen atoms in total. The van der Waals surface area contributed by atoms with Crippen molar-refractivity contribution in [2.24, 2.45) is 0 Å². The first kappa shape index (κ1) is 15.0. The van der Waals surface area contributed by atoms with Crippen LogP contribution in [0.1, 0.15) is 24.0 Å². The minimum atomic E-state index is -3.34. The van der Waals surface area contributed by atoms with Gasteiger partial charge in [-0.3, -0.25) is 0 Å². The monoisotopic (exact) mass is 294 g/mol. The molecule has 1 saturated heterocycles. The van der Waals surface area contributed by atoms with Gasteiger partial charge in [-0.1, -0.05) is 12.1 Å². The van der Waals surface area contributed by atoms with Gasteiger partial charge in [-0.25, -0.2) is 12.7 Å². The molecule has 2 rings (SSSR count). The molecule has 0 bridgehead atoms. The molecule has 1 aliphatic rings. The van der Waals surface area contributed by atoms with E-state index >= 15 is 0 Å². The van der Waals surface area contributed by atoms with Gasteiger partial charge < -0.3 is 4.74 Å². The molecule has 1 aromatic rings. The van der Waals surface area contributed by atoms with Crippen molar-refractivity contribution in [2.75, 3.05) is 19.4 Å². The maximum Gasteiger partial charge on any atom is 0.216 e. The highest BCUT2D eigenvalue weighted by molar-refractivity contribution is 7.89. The maximum absolute atomic E-state index is 12.2. The van der Waals surface area contributed by atoms with E-state index < -0.39 is 10.0 Å². The molecule has 1 aromatic carbocycles. The molecule has 20 heavy (non-hydrogen) atoms. The molecular formula is C14H18N2O3S. The molecule has 1 aliphatic heterocycles. The van der Waals surface area contributed by atoms with Crippen LogP contribution in [0.25, 0.3) is 0 Å². The predicted molar refractivity (Wildman–Crippen MR) is 75.4 cm³/mol. The first-order chi connectivity index (χ1) is 9.51. The first-order valence-corrected chi connectivity index (χ1v) is 8.17. The zero-order valence-corrected chi connectivity index (χ0v) is 12.3. The van der Waals surface area contributed by atoms with E-state index in [4.69, 9.17) is 10.00 Å². The van der Waals surface area contributed by atoms with Crippen molar-refractivity contribution in [1.82, 2.24) is 4.31 Å². The normalized spacial score (nSPS) is 19.1. The number of nitrogens with zero attached hydrogens (tertiary/aromatic N) is 2. The quantitative estimate of drug-likeness (QED) is 0.825. The van der Waals surface area contributed by atoms with Gasteiger partial charge in [0.15, 0.2) is 0 Å². The largest absolute Gasteiger partial charge is 0.377 e. The zero-order valence-electron chi connectivity index (χ0n) is 11.4. The average molecular weight is 294 g/mol.